The van der Waals surface area contributed by atoms with Gasteiger partial charge in [0.1, 0.15) is 6.04 Å². The predicted octanol–water partition coefficient (Wildman–Crippen LogP) is 3.65. The Morgan fingerprint density at radius 1 is 1.26 bits per heavy atom. The van der Waals surface area contributed by atoms with Crippen LogP contribution >= 0.6 is 0 Å². The molecule has 142 valence electrons. The first-order valence-corrected chi connectivity index (χ1v) is 8.24. The molecule has 0 saturated heterocycles. The molecule has 0 spiro atoms. The molecule has 9 heteroatoms. The van der Waals surface area contributed by atoms with Gasteiger partial charge < -0.3 is 5.32 Å². The van der Waals surface area contributed by atoms with Crippen LogP contribution in [-0.2, 0) is 17.5 Å². The maximum absolute atomic E-state index is 12.8. The first kappa shape index (κ1) is 18.7. The third kappa shape index (κ3) is 4.36. The zero-order valence-corrected chi connectivity index (χ0v) is 14.7. The van der Waals surface area contributed by atoms with Crippen molar-refractivity contribution in [2.24, 2.45) is 0 Å². The van der Waals surface area contributed by atoms with Crippen molar-refractivity contribution in [3.63, 3.8) is 0 Å². The van der Waals surface area contributed by atoms with Crippen LogP contribution < -0.4 is 5.32 Å². The van der Waals surface area contributed by atoms with E-state index in [9.17, 15) is 18.0 Å². The fourth-order valence-corrected chi connectivity index (χ4v) is 2.66. The highest BCUT2D eigenvalue weighted by atomic mass is 19.4. The van der Waals surface area contributed by atoms with Crippen molar-refractivity contribution in [3.8, 4) is 0 Å². The maximum Gasteiger partial charge on any atom is 0.435 e. The number of nitrogens with one attached hydrogen (secondary N) is 1. The fourth-order valence-electron chi connectivity index (χ4n) is 2.66. The molecule has 2 aromatic heterocycles. The van der Waals surface area contributed by atoms with Crippen LogP contribution in [-0.4, -0.2) is 25.5 Å². The summed E-state index contributed by atoms with van der Waals surface area (Å²) in [6, 6.07) is 9.69. The van der Waals surface area contributed by atoms with E-state index in [1.807, 2.05) is 30.3 Å². The van der Waals surface area contributed by atoms with E-state index in [-0.39, 0.29) is 5.69 Å². The van der Waals surface area contributed by atoms with Crippen molar-refractivity contribution in [1.29, 1.82) is 0 Å². The number of hydrogen-bond acceptors (Lipinski definition) is 3. The van der Waals surface area contributed by atoms with E-state index >= 15 is 0 Å². The third-order valence-electron chi connectivity index (χ3n) is 4.05. The Morgan fingerprint density at radius 3 is 2.59 bits per heavy atom. The number of hydrogen-bond donors (Lipinski definition) is 1. The zero-order valence-electron chi connectivity index (χ0n) is 14.7. The summed E-state index contributed by atoms with van der Waals surface area (Å²) >= 11 is 0. The maximum atomic E-state index is 12.8. The van der Waals surface area contributed by atoms with Crippen LogP contribution in [0.3, 0.4) is 0 Å². The highest BCUT2D eigenvalue weighted by Crippen LogP contribution is 2.29. The number of benzene rings is 1. The summed E-state index contributed by atoms with van der Waals surface area (Å²) in [5.41, 5.74) is 0.752. The van der Waals surface area contributed by atoms with Gasteiger partial charge in [-0.1, -0.05) is 30.3 Å². The number of aryl methyl sites for hydroxylation is 1. The fraction of sp³-hybridized carbons (Fsp3) is 0.278. The molecule has 27 heavy (non-hydrogen) atoms. The summed E-state index contributed by atoms with van der Waals surface area (Å²) in [5, 5.41) is 10.4. The van der Waals surface area contributed by atoms with Gasteiger partial charge in [-0.2, -0.15) is 23.4 Å². The summed E-state index contributed by atoms with van der Waals surface area (Å²) in [6.07, 6.45) is -1.40. The van der Waals surface area contributed by atoms with Crippen LogP contribution in [0.2, 0.25) is 0 Å². The lowest BCUT2D eigenvalue weighted by Crippen LogP contribution is -2.25. The Balaban J connectivity index is 1.68. The lowest BCUT2D eigenvalue weighted by molar-refractivity contribution is -0.141. The van der Waals surface area contributed by atoms with Crippen molar-refractivity contribution < 1.29 is 18.0 Å². The van der Waals surface area contributed by atoms with Gasteiger partial charge in [0, 0.05) is 11.9 Å². The molecule has 1 unspecified atom stereocenters. The third-order valence-corrected chi connectivity index (χ3v) is 4.05. The molecule has 6 nitrogen and oxygen atoms in total. The van der Waals surface area contributed by atoms with Crippen molar-refractivity contribution in [3.05, 3.63) is 65.7 Å². The number of aromatic nitrogens is 4. The highest BCUT2D eigenvalue weighted by molar-refractivity contribution is 5.93. The smallest absolute Gasteiger partial charge is 0.322 e. The molecule has 1 aromatic carbocycles. The second kappa shape index (κ2) is 7.26. The predicted molar refractivity (Wildman–Crippen MR) is 93.1 cm³/mol. The number of halogens is 3. The van der Waals surface area contributed by atoms with Gasteiger partial charge >= 0.3 is 6.18 Å². The molecule has 0 saturated carbocycles. The number of alkyl halides is 3. The Bertz CT molecular complexity index is 930. The number of anilines is 1. The lowest BCUT2D eigenvalue weighted by Gasteiger charge is -2.13. The average Bonchev–Trinajstić information content (AvgIpc) is 3.21. The van der Waals surface area contributed by atoms with E-state index in [0.29, 0.717) is 12.2 Å². The molecule has 0 bridgehead atoms. The van der Waals surface area contributed by atoms with Crippen LogP contribution in [0.1, 0.15) is 29.9 Å². The van der Waals surface area contributed by atoms with Crippen LogP contribution in [0, 0.1) is 6.92 Å². The summed E-state index contributed by atoms with van der Waals surface area (Å²) in [7, 11) is 0. The molecule has 0 aliphatic carbocycles. The van der Waals surface area contributed by atoms with Gasteiger partial charge in [-0.25, -0.2) is 0 Å². The Kier molecular flexibility index (Phi) is 5.02. The molecular weight excluding hydrogens is 359 g/mol. The molecule has 0 fully saturated rings. The largest absolute Gasteiger partial charge is 0.435 e. The first-order chi connectivity index (χ1) is 12.7. The molecule has 1 N–H and O–H groups in total. The van der Waals surface area contributed by atoms with Crippen LogP contribution in [0.4, 0.5) is 18.9 Å². The monoisotopic (exact) mass is 377 g/mol. The second-order valence-electron chi connectivity index (χ2n) is 6.19. The van der Waals surface area contributed by atoms with Gasteiger partial charge in [-0.05, 0) is 25.5 Å². The van der Waals surface area contributed by atoms with Crippen molar-refractivity contribution >= 4 is 11.6 Å². The van der Waals surface area contributed by atoms with Gasteiger partial charge in [-0.15, -0.1) is 0 Å². The molecule has 3 aromatic rings. The average molecular weight is 377 g/mol. The van der Waals surface area contributed by atoms with Crippen molar-refractivity contribution in [2.75, 3.05) is 5.32 Å². The van der Waals surface area contributed by atoms with E-state index in [2.05, 4.69) is 15.5 Å². The molecule has 1 atom stereocenters. The SMILES string of the molecule is Cc1cc(C(F)(F)F)nn1C(C)C(=O)Nc1cnn(Cc2ccccc2)c1. The van der Waals surface area contributed by atoms with Crippen LogP contribution in [0.15, 0.2) is 48.8 Å². The molecule has 0 aliphatic heterocycles. The van der Waals surface area contributed by atoms with E-state index in [1.54, 1.807) is 10.9 Å². The summed E-state index contributed by atoms with van der Waals surface area (Å²) < 4.78 is 41.1. The Labute approximate surface area is 153 Å². The zero-order chi connectivity index (χ0) is 19.6. The van der Waals surface area contributed by atoms with E-state index in [0.717, 1.165) is 16.3 Å². The summed E-state index contributed by atoms with van der Waals surface area (Å²) in [4.78, 5) is 12.4. The number of carbonyl (C=O) groups excluding carboxylic acids is 1. The van der Waals surface area contributed by atoms with Gasteiger partial charge in [0.05, 0.1) is 18.4 Å². The highest BCUT2D eigenvalue weighted by Gasteiger charge is 2.35. The Hall–Kier alpha value is -3.10. The van der Waals surface area contributed by atoms with E-state index in [1.165, 1.54) is 20.0 Å². The molecule has 3 rings (SSSR count). The topological polar surface area (TPSA) is 64.7 Å². The Morgan fingerprint density at radius 2 is 1.96 bits per heavy atom. The van der Waals surface area contributed by atoms with Gasteiger partial charge in [0.25, 0.3) is 0 Å². The minimum absolute atomic E-state index is 0.254. The van der Waals surface area contributed by atoms with Gasteiger partial charge in [0.2, 0.25) is 5.91 Å². The summed E-state index contributed by atoms with van der Waals surface area (Å²) in [6.45, 7) is 3.51. The van der Waals surface area contributed by atoms with E-state index < -0.39 is 23.8 Å². The molecule has 0 radical (unpaired) electrons. The quantitative estimate of drug-likeness (QED) is 0.738. The number of carbonyl (C=O) groups is 1. The van der Waals surface area contributed by atoms with Crippen LogP contribution in [0.25, 0.3) is 0 Å². The molecule has 0 aliphatic rings. The van der Waals surface area contributed by atoms with Crippen LogP contribution in [0.5, 0.6) is 0 Å². The van der Waals surface area contributed by atoms with Crippen molar-refractivity contribution in [1.82, 2.24) is 19.6 Å². The number of amides is 1. The minimum atomic E-state index is -4.55. The van der Waals surface area contributed by atoms with Gasteiger partial charge in [0.15, 0.2) is 5.69 Å². The van der Waals surface area contributed by atoms with Gasteiger partial charge in [-0.3, -0.25) is 14.2 Å². The molecule has 2 heterocycles. The molecule has 1 amide bonds. The summed E-state index contributed by atoms with van der Waals surface area (Å²) in [5.74, 6) is -0.478. The van der Waals surface area contributed by atoms with Crippen molar-refractivity contribution in [2.45, 2.75) is 32.6 Å². The van der Waals surface area contributed by atoms with E-state index in [4.69, 9.17) is 0 Å². The number of rotatable bonds is 5. The minimum Gasteiger partial charge on any atom is -0.322 e. The lowest BCUT2D eigenvalue weighted by atomic mass is 10.2. The second-order valence-corrected chi connectivity index (χ2v) is 6.19. The normalized spacial score (nSPS) is 12.8. The number of nitrogens with zero attached hydrogens (tertiary/aromatic N) is 4. The first-order valence-electron chi connectivity index (χ1n) is 8.24. The standard InChI is InChI=1S/C18H18F3N5O/c1-12-8-16(18(19,20)21)24-26(12)13(2)17(27)23-15-9-22-25(11-15)10-14-6-4-3-5-7-14/h3-9,11,13H,10H2,1-2H3,(H,23,27). The molecular formula is C18H18F3N5O.